The lowest BCUT2D eigenvalue weighted by molar-refractivity contribution is -0.385. The Morgan fingerprint density at radius 1 is 1.60 bits per heavy atom. The van der Waals surface area contributed by atoms with Crippen molar-refractivity contribution >= 4 is 23.2 Å². The topological polar surface area (TPSA) is 75.5 Å². The summed E-state index contributed by atoms with van der Waals surface area (Å²) in [5.41, 5.74) is -0.139. The number of likely N-dealkylation sites (N-methyl/N-ethyl adjacent to an activating group) is 1. The lowest BCUT2D eigenvalue weighted by Gasteiger charge is -2.24. The van der Waals surface area contributed by atoms with Gasteiger partial charge < -0.3 is 10.2 Å². The average molecular weight is 298 g/mol. The van der Waals surface area contributed by atoms with Crippen LogP contribution in [0, 0.1) is 10.1 Å². The van der Waals surface area contributed by atoms with Gasteiger partial charge in [-0.25, -0.2) is 0 Å². The van der Waals surface area contributed by atoms with Crippen LogP contribution in [0.5, 0.6) is 0 Å². The number of hydrogen-bond donors (Lipinski definition) is 1. The first-order valence-electron chi connectivity index (χ1n) is 6.44. The third-order valence-corrected chi connectivity index (χ3v) is 3.70. The van der Waals surface area contributed by atoms with Crippen LogP contribution in [0.1, 0.15) is 23.2 Å². The first kappa shape index (κ1) is 14.7. The van der Waals surface area contributed by atoms with Gasteiger partial charge in [0, 0.05) is 30.2 Å². The Balaban J connectivity index is 2.33. The summed E-state index contributed by atoms with van der Waals surface area (Å²) >= 11 is 5.86. The fraction of sp³-hybridized carbons (Fsp3) is 0.462. The summed E-state index contributed by atoms with van der Waals surface area (Å²) in [5.74, 6) is -0.322. The summed E-state index contributed by atoms with van der Waals surface area (Å²) in [6, 6.07) is 4.15. The van der Waals surface area contributed by atoms with E-state index in [-0.39, 0.29) is 23.2 Å². The number of benzene rings is 1. The molecule has 1 N–H and O–H groups in total. The third-order valence-electron chi connectivity index (χ3n) is 3.46. The maximum atomic E-state index is 12.5. The first-order chi connectivity index (χ1) is 9.54. The zero-order valence-corrected chi connectivity index (χ0v) is 11.9. The molecule has 108 valence electrons. The molecule has 1 unspecified atom stereocenters. The smallest absolute Gasteiger partial charge is 0.282 e. The van der Waals surface area contributed by atoms with Crippen molar-refractivity contribution < 1.29 is 9.72 Å². The maximum absolute atomic E-state index is 12.5. The number of nitrogens with zero attached hydrogens (tertiary/aromatic N) is 2. The number of amides is 1. The zero-order valence-electron chi connectivity index (χ0n) is 11.1. The van der Waals surface area contributed by atoms with Gasteiger partial charge in [0.05, 0.1) is 4.92 Å². The van der Waals surface area contributed by atoms with Gasteiger partial charge in [0.1, 0.15) is 5.56 Å². The minimum absolute atomic E-state index is 0.0607. The van der Waals surface area contributed by atoms with Crippen molar-refractivity contribution in [2.24, 2.45) is 0 Å². The molecule has 1 amide bonds. The van der Waals surface area contributed by atoms with Gasteiger partial charge >= 0.3 is 0 Å². The number of nitro benzene ring substituents is 1. The molecule has 20 heavy (non-hydrogen) atoms. The quantitative estimate of drug-likeness (QED) is 0.682. The highest BCUT2D eigenvalue weighted by molar-refractivity contribution is 6.31. The SMILES string of the molecule is CNCC1CCCN1C(=O)c1cc(Cl)ccc1[N+](=O)[O-]. The molecule has 1 saturated heterocycles. The van der Waals surface area contributed by atoms with E-state index in [1.165, 1.54) is 18.2 Å². The van der Waals surface area contributed by atoms with Crippen LogP contribution in [0.15, 0.2) is 18.2 Å². The molecule has 1 fully saturated rings. The summed E-state index contributed by atoms with van der Waals surface area (Å²) in [6.45, 7) is 1.30. The van der Waals surface area contributed by atoms with Crippen molar-refractivity contribution in [3.05, 3.63) is 38.9 Å². The summed E-state index contributed by atoms with van der Waals surface area (Å²) < 4.78 is 0. The van der Waals surface area contributed by atoms with E-state index < -0.39 is 4.92 Å². The summed E-state index contributed by atoms with van der Waals surface area (Å²) in [6.07, 6.45) is 1.81. The predicted molar refractivity (Wildman–Crippen MR) is 76.1 cm³/mol. The fourth-order valence-corrected chi connectivity index (χ4v) is 2.72. The zero-order chi connectivity index (χ0) is 14.7. The van der Waals surface area contributed by atoms with Crippen LogP contribution in [0.2, 0.25) is 5.02 Å². The van der Waals surface area contributed by atoms with E-state index >= 15 is 0 Å². The lowest BCUT2D eigenvalue weighted by atomic mass is 10.1. The molecule has 0 aromatic heterocycles. The fourth-order valence-electron chi connectivity index (χ4n) is 2.54. The van der Waals surface area contributed by atoms with Gasteiger partial charge in [-0.3, -0.25) is 14.9 Å². The highest BCUT2D eigenvalue weighted by Gasteiger charge is 2.32. The molecule has 1 heterocycles. The summed E-state index contributed by atoms with van der Waals surface area (Å²) in [5, 5.41) is 14.4. The summed E-state index contributed by atoms with van der Waals surface area (Å²) in [4.78, 5) is 24.7. The van der Waals surface area contributed by atoms with Crippen LogP contribution in [0.3, 0.4) is 0 Å². The highest BCUT2D eigenvalue weighted by atomic mass is 35.5. The predicted octanol–water partition coefficient (Wildman–Crippen LogP) is 2.07. The van der Waals surface area contributed by atoms with E-state index in [0.717, 1.165) is 12.8 Å². The van der Waals surface area contributed by atoms with Crippen molar-refractivity contribution in [1.82, 2.24) is 10.2 Å². The maximum Gasteiger partial charge on any atom is 0.282 e. The van der Waals surface area contributed by atoms with Crippen LogP contribution in [0.4, 0.5) is 5.69 Å². The first-order valence-corrected chi connectivity index (χ1v) is 6.82. The molecule has 0 bridgehead atoms. The minimum atomic E-state index is -0.549. The van der Waals surface area contributed by atoms with Crippen molar-refractivity contribution in [1.29, 1.82) is 0 Å². The normalized spacial score (nSPS) is 18.3. The second-order valence-corrected chi connectivity index (χ2v) is 5.21. The van der Waals surface area contributed by atoms with E-state index in [2.05, 4.69) is 5.32 Å². The van der Waals surface area contributed by atoms with Crippen LogP contribution >= 0.6 is 11.6 Å². The second kappa shape index (κ2) is 6.19. The van der Waals surface area contributed by atoms with Crippen molar-refractivity contribution in [3.8, 4) is 0 Å². The van der Waals surface area contributed by atoms with Gasteiger partial charge in [-0.05, 0) is 32.0 Å². The number of carbonyl (C=O) groups excluding carboxylic acids is 1. The second-order valence-electron chi connectivity index (χ2n) is 4.77. The van der Waals surface area contributed by atoms with Crippen molar-refractivity contribution in [2.45, 2.75) is 18.9 Å². The summed E-state index contributed by atoms with van der Waals surface area (Å²) in [7, 11) is 1.82. The molecule has 1 aromatic carbocycles. The molecular weight excluding hydrogens is 282 g/mol. The molecule has 1 atom stereocenters. The van der Waals surface area contributed by atoms with Gasteiger partial charge in [-0.1, -0.05) is 11.6 Å². The molecule has 0 radical (unpaired) electrons. The standard InChI is InChI=1S/C13H16ClN3O3/c1-15-8-10-3-2-6-16(10)13(18)11-7-9(14)4-5-12(11)17(19)20/h4-5,7,10,15H,2-3,6,8H2,1H3. The Bertz CT molecular complexity index is 536. The van der Waals surface area contributed by atoms with Crippen molar-refractivity contribution in [3.63, 3.8) is 0 Å². The molecule has 0 aliphatic carbocycles. The Hall–Kier alpha value is -1.66. The van der Waals surface area contributed by atoms with Gasteiger partial charge in [-0.15, -0.1) is 0 Å². The van der Waals surface area contributed by atoms with Crippen LogP contribution in [-0.4, -0.2) is 41.9 Å². The van der Waals surface area contributed by atoms with Crippen LogP contribution in [-0.2, 0) is 0 Å². The average Bonchev–Trinajstić information content (AvgIpc) is 2.86. The number of nitro groups is 1. The molecule has 1 aromatic rings. The van der Waals surface area contributed by atoms with E-state index in [9.17, 15) is 14.9 Å². The van der Waals surface area contributed by atoms with Gasteiger partial charge in [0.25, 0.3) is 11.6 Å². The molecule has 0 saturated carbocycles. The Kier molecular flexibility index (Phi) is 4.57. The number of rotatable bonds is 4. The van der Waals surface area contributed by atoms with Crippen LogP contribution in [0.25, 0.3) is 0 Å². The Labute approximate surface area is 121 Å². The molecule has 6 nitrogen and oxygen atoms in total. The highest BCUT2D eigenvalue weighted by Crippen LogP contribution is 2.27. The molecule has 2 rings (SSSR count). The third kappa shape index (κ3) is 2.91. The monoisotopic (exact) mass is 297 g/mol. The van der Waals surface area contributed by atoms with E-state index in [1.54, 1.807) is 4.90 Å². The minimum Gasteiger partial charge on any atom is -0.334 e. The number of hydrogen-bond acceptors (Lipinski definition) is 4. The molecular formula is C13H16ClN3O3. The molecule has 1 aliphatic heterocycles. The number of halogens is 1. The lowest BCUT2D eigenvalue weighted by Crippen LogP contribution is -2.41. The molecule has 0 spiro atoms. The van der Waals surface area contributed by atoms with Gasteiger partial charge in [0.15, 0.2) is 0 Å². The van der Waals surface area contributed by atoms with E-state index in [1.807, 2.05) is 7.05 Å². The number of nitrogens with one attached hydrogen (secondary N) is 1. The van der Waals surface area contributed by atoms with E-state index in [4.69, 9.17) is 11.6 Å². The van der Waals surface area contributed by atoms with E-state index in [0.29, 0.717) is 18.1 Å². The van der Waals surface area contributed by atoms with Crippen LogP contribution < -0.4 is 5.32 Å². The molecule has 7 heteroatoms. The Morgan fingerprint density at radius 2 is 2.35 bits per heavy atom. The number of carbonyl (C=O) groups is 1. The Morgan fingerprint density at radius 3 is 3.00 bits per heavy atom. The number of likely N-dealkylation sites (tertiary alicyclic amines) is 1. The van der Waals surface area contributed by atoms with Gasteiger partial charge in [0.2, 0.25) is 0 Å². The largest absolute Gasteiger partial charge is 0.334 e. The molecule has 1 aliphatic rings. The van der Waals surface area contributed by atoms with Gasteiger partial charge in [-0.2, -0.15) is 0 Å². The van der Waals surface area contributed by atoms with Crippen molar-refractivity contribution in [2.75, 3.05) is 20.1 Å².